The van der Waals surface area contributed by atoms with Crippen molar-refractivity contribution in [3.8, 4) is 0 Å². The average Bonchev–Trinajstić information content (AvgIpc) is 3.13. The van der Waals surface area contributed by atoms with Gasteiger partial charge >= 0.3 is 0 Å². The van der Waals surface area contributed by atoms with Gasteiger partial charge in [-0.1, -0.05) is 24.9 Å². The number of aromatic nitrogens is 1. The molecular weight excluding hydrogens is 290 g/mol. The molecule has 0 saturated carbocycles. The molecule has 0 bridgehead atoms. The number of aromatic amines is 1. The Morgan fingerprint density at radius 3 is 2.81 bits per heavy atom. The van der Waals surface area contributed by atoms with Crippen molar-refractivity contribution >= 4 is 17.5 Å². The summed E-state index contributed by atoms with van der Waals surface area (Å²) in [7, 11) is 0. The van der Waals surface area contributed by atoms with Gasteiger partial charge in [0.25, 0.3) is 5.91 Å². The maximum atomic E-state index is 12.5. The van der Waals surface area contributed by atoms with Crippen molar-refractivity contribution in [1.29, 1.82) is 0 Å². The molecule has 1 N–H and O–H groups in total. The van der Waals surface area contributed by atoms with Gasteiger partial charge in [-0.15, -0.1) is 0 Å². The van der Waals surface area contributed by atoms with Crippen LogP contribution >= 0.6 is 11.6 Å². The lowest BCUT2D eigenvalue weighted by Gasteiger charge is -2.34. The summed E-state index contributed by atoms with van der Waals surface area (Å²) < 4.78 is 5.43. The van der Waals surface area contributed by atoms with E-state index in [1.807, 2.05) is 4.90 Å². The first-order chi connectivity index (χ1) is 10.2. The predicted molar refractivity (Wildman–Crippen MR) is 81.7 cm³/mol. The highest BCUT2D eigenvalue weighted by Gasteiger charge is 2.38. The number of likely N-dealkylation sites (tertiary alicyclic amines) is 1. The molecular formula is C15H22ClN3O2. The molecule has 3 rings (SSSR count). The Morgan fingerprint density at radius 1 is 1.43 bits per heavy atom. The van der Waals surface area contributed by atoms with Gasteiger partial charge in [0, 0.05) is 38.4 Å². The molecule has 1 aromatic rings. The van der Waals surface area contributed by atoms with E-state index in [0.717, 1.165) is 45.8 Å². The van der Waals surface area contributed by atoms with Crippen molar-refractivity contribution in [3.63, 3.8) is 0 Å². The summed E-state index contributed by atoms with van der Waals surface area (Å²) in [6.07, 6.45) is 2.75. The van der Waals surface area contributed by atoms with Gasteiger partial charge < -0.3 is 14.6 Å². The molecule has 2 aliphatic rings. The van der Waals surface area contributed by atoms with Crippen LogP contribution in [0.25, 0.3) is 0 Å². The number of morpholine rings is 1. The van der Waals surface area contributed by atoms with Gasteiger partial charge in [-0.3, -0.25) is 9.69 Å². The van der Waals surface area contributed by atoms with Crippen LogP contribution in [0.5, 0.6) is 0 Å². The van der Waals surface area contributed by atoms with Crippen LogP contribution in [0, 0.1) is 5.92 Å². The molecule has 1 amide bonds. The van der Waals surface area contributed by atoms with Gasteiger partial charge in [0.2, 0.25) is 0 Å². The molecule has 0 aliphatic carbocycles. The van der Waals surface area contributed by atoms with Crippen LogP contribution in [0.2, 0.25) is 5.02 Å². The van der Waals surface area contributed by atoms with Gasteiger partial charge in [0.05, 0.1) is 18.2 Å². The largest absolute Gasteiger partial charge is 0.379 e. The van der Waals surface area contributed by atoms with E-state index in [-0.39, 0.29) is 5.91 Å². The van der Waals surface area contributed by atoms with Gasteiger partial charge in [-0.05, 0) is 12.0 Å². The zero-order valence-electron chi connectivity index (χ0n) is 12.3. The highest BCUT2D eigenvalue weighted by molar-refractivity contribution is 6.30. The number of ether oxygens (including phenoxy) is 1. The van der Waals surface area contributed by atoms with E-state index >= 15 is 0 Å². The van der Waals surface area contributed by atoms with E-state index in [1.54, 1.807) is 12.3 Å². The molecule has 0 radical (unpaired) electrons. The highest BCUT2D eigenvalue weighted by atomic mass is 35.5. The lowest BCUT2D eigenvalue weighted by molar-refractivity contribution is 0.0102. The Hall–Kier alpha value is -1.04. The lowest BCUT2D eigenvalue weighted by Crippen LogP contribution is -2.47. The minimum Gasteiger partial charge on any atom is -0.379 e. The number of amides is 1. The maximum absolute atomic E-state index is 12.5. The smallest absolute Gasteiger partial charge is 0.270 e. The number of carbonyl (C=O) groups excluding carboxylic acids is 1. The molecule has 116 valence electrons. The molecule has 2 unspecified atom stereocenters. The van der Waals surface area contributed by atoms with Crippen LogP contribution < -0.4 is 0 Å². The molecule has 2 aliphatic heterocycles. The van der Waals surface area contributed by atoms with Crippen LogP contribution in [-0.2, 0) is 4.74 Å². The summed E-state index contributed by atoms with van der Waals surface area (Å²) in [5.74, 6) is 0.591. The molecule has 0 aromatic carbocycles. The summed E-state index contributed by atoms with van der Waals surface area (Å²) in [5, 5.41) is 0.578. The first-order valence-electron chi connectivity index (χ1n) is 7.64. The number of nitrogens with one attached hydrogen (secondary N) is 1. The summed E-state index contributed by atoms with van der Waals surface area (Å²) in [6, 6.07) is 2.15. The van der Waals surface area contributed by atoms with Crippen molar-refractivity contribution in [3.05, 3.63) is 23.0 Å². The van der Waals surface area contributed by atoms with Crippen molar-refractivity contribution in [2.24, 2.45) is 5.92 Å². The first kappa shape index (κ1) is 14.9. The Bertz CT molecular complexity index is 499. The summed E-state index contributed by atoms with van der Waals surface area (Å²) in [6.45, 7) is 7.37. The van der Waals surface area contributed by atoms with E-state index < -0.39 is 0 Å². The van der Waals surface area contributed by atoms with E-state index in [2.05, 4.69) is 16.8 Å². The van der Waals surface area contributed by atoms with E-state index in [0.29, 0.717) is 22.7 Å². The third-order valence-electron chi connectivity index (χ3n) is 4.61. The predicted octanol–water partition coefficient (Wildman–Crippen LogP) is 1.85. The fourth-order valence-corrected chi connectivity index (χ4v) is 3.57. The van der Waals surface area contributed by atoms with E-state index in [1.165, 1.54) is 0 Å². The molecule has 5 nitrogen and oxygen atoms in total. The minimum absolute atomic E-state index is 0.0520. The Balaban J connectivity index is 1.69. The number of hydrogen-bond acceptors (Lipinski definition) is 3. The second kappa shape index (κ2) is 6.38. The molecule has 3 heterocycles. The first-order valence-corrected chi connectivity index (χ1v) is 8.02. The van der Waals surface area contributed by atoms with Gasteiger partial charge in [0.1, 0.15) is 5.69 Å². The van der Waals surface area contributed by atoms with Gasteiger partial charge in [-0.25, -0.2) is 0 Å². The quantitative estimate of drug-likeness (QED) is 0.927. The molecule has 6 heteroatoms. The monoisotopic (exact) mass is 311 g/mol. The fraction of sp³-hybridized carbons (Fsp3) is 0.667. The van der Waals surface area contributed by atoms with Crippen molar-refractivity contribution in [2.45, 2.75) is 19.4 Å². The lowest BCUT2D eigenvalue weighted by atomic mass is 9.99. The zero-order valence-corrected chi connectivity index (χ0v) is 13.1. The molecule has 2 fully saturated rings. The second-order valence-electron chi connectivity index (χ2n) is 5.83. The maximum Gasteiger partial charge on any atom is 0.270 e. The average molecular weight is 312 g/mol. The fourth-order valence-electron chi connectivity index (χ4n) is 3.41. The molecule has 1 aromatic heterocycles. The summed E-state index contributed by atoms with van der Waals surface area (Å²) >= 11 is 5.89. The van der Waals surface area contributed by atoms with Crippen LogP contribution in [0.15, 0.2) is 12.3 Å². The Kier molecular flexibility index (Phi) is 4.52. The number of hydrogen-bond donors (Lipinski definition) is 1. The number of H-pyrrole nitrogens is 1. The van der Waals surface area contributed by atoms with Crippen LogP contribution in [0.3, 0.4) is 0 Å². The molecule has 2 saturated heterocycles. The third kappa shape index (κ3) is 3.10. The number of halogens is 1. The minimum atomic E-state index is 0.0520. The number of nitrogens with zero attached hydrogens (tertiary/aromatic N) is 2. The normalized spacial score (nSPS) is 27.2. The summed E-state index contributed by atoms with van der Waals surface area (Å²) in [5.41, 5.74) is 0.581. The summed E-state index contributed by atoms with van der Waals surface area (Å²) in [4.78, 5) is 19.9. The van der Waals surface area contributed by atoms with Gasteiger partial charge in [-0.2, -0.15) is 0 Å². The van der Waals surface area contributed by atoms with Crippen molar-refractivity contribution < 1.29 is 9.53 Å². The number of rotatable bonds is 3. The van der Waals surface area contributed by atoms with Gasteiger partial charge in [0.15, 0.2) is 0 Å². The third-order valence-corrected chi connectivity index (χ3v) is 4.83. The molecule has 2 atom stereocenters. The Labute approximate surface area is 130 Å². The van der Waals surface area contributed by atoms with Crippen LogP contribution in [0.1, 0.15) is 23.8 Å². The second-order valence-corrected chi connectivity index (χ2v) is 6.26. The van der Waals surface area contributed by atoms with Crippen molar-refractivity contribution in [2.75, 3.05) is 39.4 Å². The van der Waals surface area contributed by atoms with E-state index in [9.17, 15) is 4.79 Å². The standard InChI is InChI=1S/C15H22ClN3O2/c1-2-11-9-19(15(20)13-7-12(16)8-17-13)10-14(11)18-3-5-21-6-4-18/h7-8,11,14,17H,2-6,9-10H2,1H3. The molecule has 0 spiro atoms. The SMILES string of the molecule is CCC1CN(C(=O)c2cc(Cl)c[nH]2)CC1N1CCOCC1. The highest BCUT2D eigenvalue weighted by Crippen LogP contribution is 2.27. The Morgan fingerprint density at radius 2 is 2.19 bits per heavy atom. The van der Waals surface area contributed by atoms with E-state index in [4.69, 9.17) is 16.3 Å². The zero-order chi connectivity index (χ0) is 14.8. The molecule has 21 heavy (non-hydrogen) atoms. The van der Waals surface area contributed by atoms with Crippen molar-refractivity contribution in [1.82, 2.24) is 14.8 Å². The topological polar surface area (TPSA) is 48.6 Å². The van der Waals surface area contributed by atoms with Crippen LogP contribution in [-0.4, -0.2) is 66.1 Å². The van der Waals surface area contributed by atoms with Crippen LogP contribution in [0.4, 0.5) is 0 Å². The number of carbonyl (C=O) groups is 1.